The Balaban J connectivity index is 0.756. The Kier molecular flexibility index (Phi) is 17.7. The molecule has 3 aromatic rings. The maximum absolute atomic E-state index is 14.1. The van der Waals surface area contributed by atoms with Crippen molar-refractivity contribution >= 4 is 34.8 Å². The monoisotopic (exact) mass is 968 g/mol. The number of aliphatic hydroxyl groups excluding tert-OH is 1. The highest BCUT2D eigenvalue weighted by Gasteiger charge is 2.43. The second-order valence-electron chi connectivity index (χ2n) is 20.6. The van der Waals surface area contributed by atoms with Crippen molar-refractivity contribution in [2.24, 2.45) is 11.1 Å². The van der Waals surface area contributed by atoms with Gasteiger partial charge >= 0.3 is 0 Å². The number of nitrogens with zero attached hydrogens (tertiary/aromatic N) is 4. The van der Waals surface area contributed by atoms with E-state index in [0.29, 0.717) is 56.9 Å². The Bertz CT molecular complexity index is 2270. The molecule has 1 spiro atoms. The van der Waals surface area contributed by atoms with Crippen LogP contribution in [-0.2, 0) is 19.1 Å². The minimum Gasteiger partial charge on any atom is -0.507 e. The number of carbonyl (C=O) groups is 3. The minimum absolute atomic E-state index is 0.111. The standard InChI is InChI=1S/C53H77N9O6S/c1-36(38-22-24-39(25-23-38)47-37(2)55-35-69-47)56-50(66)42-18-16-28-62(42)51(67)48(52(3,4)5)57-45(64)20-12-10-8-6-7-9-11-13-21-46(65)61-31-32-68-53(34-61)26-29-60(30-27-53)43-33-41(58-59-49(43)54)40-17-14-15-19-44(40)63/h14-15,17,19,22-25,33,35-36,42,48,50,56,58-59,63,66H,6-13,16,18,20-21,26-32,34,54H2,1-5H3,(H,57,64)/t36-,42-,48+,50?/m0/s1. The maximum Gasteiger partial charge on any atom is 0.246 e. The zero-order chi connectivity index (χ0) is 49.1. The van der Waals surface area contributed by atoms with Gasteiger partial charge in [-0.1, -0.05) is 95.7 Å². The maximum atomic E-state index is 14.1. The lowest BCUT2D eigenvalue weighted by molar-refractivity contribution is -0.158. The zero-order valence-corrected chi connectivity index (χ0v) is 42.3. The van der Waals surface area contributed by atoms with Gasteiger partial charge in [-0.2, -0.15) is 0 Å². The first kappa shape index (κ1) is 51.7. The lowest BCUT2D eigenvalue weighted by Gasteiger charge is -2.48. The molecule has 376 valence electrons. The molecule has 0 radical (unpaired) electrons. The number of phenolic OH excluding ortho intramolecular Hbond substituents is 1. The first-order valence-corrected chi connectivity index (χ1v) is 26.2. The van der Waals surface area contributed by atoms with Crippen LogP contribution in [0.5, 0.6) is 5.75 Å². The molecule has 0 saturated carbocycles. The quantitative estimate of drug-likeness (QED) is 0.0446. The molecule has 0 aliphatic carbocycles. The van der Waals surface area contributed by atoms with Crippen LogP contribution in [-0.4, -0.2) is 111 Å². The molecule has 7 rings (SSSR count). The number of carbonyl (C=O) groups excluding carboxylic acids is 3. The van der Waals surface area contributed by atoms with Crippen LogP contribution < -0.4 is 27.2 Å². The number of aromatic nitrogens is 1. The Morgan fingerprint density at radius 1 is 0.942 bits per heavy atom. The summed E-state index contributed by atoms with van der Waals surface area (Å²) in [5.74, 6) is 0.673. The van der Waals surface area contributed by atoms with Crippen LogP contribution in [0.3, 0.4) is 0 Å². The molecule has 2 aromatic carbocycles. The largest absolute Gasteiger partial charge is 0.507 e. The van der Waals surface area contributed by atoms with E-state index in [1.165, 1.54) is 0 Å². The predicted molar refractivity (Wildman–Crippen MR) is 272 cm³/mol. The number of hydrogen-bond acceptors (Lipinski definition) is 13. The lowest BCUT2D eigenvalue weighted by atomic mass is 9.85. The van der Waals surface area contributed by atoms with Crippen LogP contribution in [0, 0.1) is 12.3 Å². The number of thiazole rings is 1. The van der Waals surface area contributed by atoms with Crippen molar-refractivity contribution in [1.29, 1.82) is 0 Å². The van der Waals surface area contributed by atoms with Crippen LogP contribution in [0.15, 0.2) is 71.6 Å². The van der Waals surface area contributed by atoms with Gasteiger partial charge in [-0.25, -0.2) is 4.98 Å². The van der Waals surface area contributed by atoms with Gasteiger partial charge < -0.3 is 40.7 Å². The second-order valence-corrected chi connectivity index (χ2v) is 21.5. The number of allylic oxidation sites excluding steroid dienone is 1. The van der Waals surface area contributed by atoms with Crippen molar-refractivity contribution in [2.75, 3.05) is 39.3 Å². The summed E-state index contributed by atoms with van der Waals surface area (Å²) in [5.41, 5.74) is 19.0. The van der Waals surface area contributed by atoms with E-state index in [9.17, 15) is 24.6 Å². The molecular weight excluding hydrogens is 891 g/mol. The van der Waals surface area contributed by atoms with Crippen LogP contribution in [0.2, 0.25) is 0 Å². The molecule has 1 unspecified atom stereocenters. The number of rotatable bonds is 20. The number of benzene rings is 2. The number of morpholine rings is 1. The lowest BCUT2D eigenvalue weighted by Crippen LogP contribution is -2.58. The summed E-state index contributed by atoms with van der Waals surface area (Å²) in [6.07, 6.45) is 13.0. The molecule has 4 aliphatic rings. The van der Waals surface area contributed by atoms with Gasteiger partial charge in [-0.15, -0.1) is 11.3 Å². The fourth-order valence-electron chi connectivity index (χ4n) is 10.3. The molecule has 69 heavy (non-hydrogen) atoms. The van der Waals surface area contributed by atoms with E-state index in [-0.39, 0.29) is 41.2 Å². The first-order valence-electron chi connectivity index (χ1n) is 25.4. The summed E-state index contributed by atoms with van der Waals surface area (Å²) in [4.78, 5) is 52.3. The predicted octanol–water partition coefficient (Wildman–Crippen LogP) is 7.19. The Hall–Kier alpha value is -5.16. The van der Waals surface area contributed by atoms with E-state index in [2.05, 4.69) is 55.6 Å². The Morgan fingerprint density at radius 2 is 1.62 bits per heavy atom. The van der Waals surface area contributed by atoms with E-state index < -0.39 is 17.7 Å². The van der Waals surface area contributed by atoms with Gasteiger partial charge in [0, 0.05) is 57.2 Å². The molecule has 15 nitrogen and oxygen atoms in total. The molecule has 8 N–H and O–H groups in total. The highest BCUT2D eigenvalue weighted by molar-refractivity contribution is 7.13. The van der Waals surface area contributed by atoms with Gasteiger partial charge in [-0.3, -0.25) is 30.6 Å². The third-order valence-corrected chi connectivity index (χ3v) is 15.4. The summed E-state index contributed by atoms with van der Waals surface area (Å²) < 4.78 is 6.37. The molecule has 3 amide bonds. The van der Waals surface area contributed by atoms with Gasteiger partial charge in [0.15, 0.2) is 0 Å². The summed E-state index contributed by atoms with van der Waals surface area (Å²) in [6.45, 7) is 13.8. The van der Waals surface area contributed by atoms with Gasteiger partial charge in [0.05, 0.1) is 45.7 Å². The van der Waals surface area contributed by atoms with Gasteiger partial charge in [0.1, 0.15) is 23.8 Å². The van der Waals surface area contributed by atoms with E-state index in [0.717, 1.165) is 117 Å². The number of ether oxygens (including phenoxy) is 1. The number of aryl methyl sites for hydroxylation is 1. The van der Waals surface area contributed by atoms with Crippen molar-refractivity contribution in [3.8, 4) is 16.2 Å². The normalized spacial score (nSPS) is 19.7. The number of aromatic hydroxyl groups is 1. The van der Waals surface area contributed by atoms with Crippen molar-refractivity contribution in [1.82, 2.24) is 41.2 Å². The van der Waals surface area contributed by atoms with Crippen molar-refractivity contribution in [2.45, 2.75) is 154 Å². The summed E-state index contributed by atoms with van der Waals surface area (Å²) in [5, 5.41) is 28.2. The number of para-hydroxylation sites is 1. The number of likely N-dealkylation sites (tertiary alicyclic amines) is 2. The van der Waals surface area contributed by atoms with Crippen LogP contribution in [0.1, 0.15) is 140 Å². The molecule has 0 bridgehead atoms. The molecule has 16 heteroatoms. The number of amides is 3. The molecule has 4 aliphatic heterocycles. The van der Waals surface area contributed by atoms with Crippen molar-refractivity contribution in [3.63, 3.8) is 0 Å². The number of piperidine rings is 1. The highest BCUT2D eigenvalue weighted by Crippen LogP contribution is 2.35. The Labute approximate surface area is 413 Å². The van der Waals surface area contributed by atoms with Gasteiger partial charge in [0.2, 0.25) is 17.7 Å². The molecule has 4 atom stereocenters. The van der Waals surface area contributed by atoms with Crippen molar-refractivity contribution < 1.29 is 29.3 Å². The average Bonchev–Trinajstić information content (AvgIpc) is 4.01. The summed E-state index contributed by atoms with van der Waals surface area (Å²) in [6, 6.07) is 14.3. The van der Waals surface area contributed by atoms with Crippen LogP contribution in [0.4, 0.5) is 0 Å². The molecule has 1 aromatic heterocycles. The zero-order valence-electron chi connectivity index (χ0n) is 41.5. The number of nitrogens with two attached hydrogens (primary N) is 1. The van der Waals surface area contributed by atoms with E-state index in [1.54, 1.807) is 28.4 Å². The molecule has 3 fully saturated rings. The van der Waals surface area contributed by atoms with E-state index in [1.807, 2.05) is 63.2 Å². The average molecular weight is 968 g/mol. The third-order valence-electron chi connectivity index (χ3n) is 14.4. The molecule has 5 heterocycles. The first-order chi connectivity index (χ1) is 33.1. The highest BCUT2D eigenvalue weighted by atomic mass is 32.1. The van der Waals surface area contributed by atoms with Crippen LogP contribution in [0.25, 0.3) is 16.1 Å². The number of aliphatic hydroxyl groups is 1. The fraction of sp³-hybridized carbons (Fsp3) is 0.585. The minimum atomic E-state index is -0.915. The summed E-state index contributed by atoms with van der Waals surface area (Å²) in [7, 11) is 0. The number of unbranched alkanes of at least 4 members (excludes halogenated alkanes) is 7. The third kappa shape index (κ3) is 13.4. The summed E-state index contributed by atoms with van der Waals surface area (Å²) >= 11 is 1.62. The Morgan fingerprint density at radius 3 is 2.29 bits per heavy atom. The number of phenols is 1. The number of hydrogen-bond donors (Lipinski definition) is 7. The number of hydrazine groups is 1. The van der Waals surface area contributed by atoms with Crippen LogP contribution >= 0.6 is 11.3 Å². The van der Waals surface area contributed by atoms with Gasteiger partial charge in [0.25, 0.3) is 0 Å². The molecular formula is C53H77N9O6S. The fourth-order valence-corrected chi connectivity index (χ4v) is 11.1. The van der Waals surface area contributed by atoms with Crippen molar-refractivity contribution in [3.05, 3.63) is 88.5 Å². The molecule has 3 saturated heterocycles. The SMILES string of the molecule is Cc1ncsc1-c1ccc([C@H](C)NC(O)[C@@H]2CCCN2C(=O)[C@@H](NC(=O)CCCCCCCCCCC(=O)N2CCOC3(CCN(C4=C(N)NNC(c5ccccc5O)=C4)CC3)C2)C(C)(C)C)cc1. The second kappa shape index (κ2) is 23.6. The topological polar surface area (TPSA) is 198 Å². The van der Waals surface area contributed by atoms with E-state index in [4.69, 9.17) is 10.5 Å². The van der Waals surface area contributed by atoms with Gasteiger partial charge in [-0.05, 0) is 87.1 Å². The smallest absolute Gasteiger partial charge is 0.246 e. The van der Waals surface area contributed by atoms with E-state index >= 15 is 0 Å². The number of nitrogens with one attached hydrogen (secondary N) is 4.